The molecule has 3 rings (SSSR count). The van der Waals surface area contributed by atoms with Crippen molar-refractivity contribution < 1.29 is 8.42 Å². The number of nitrogens with one attached hydrogen (secondary N) is 2. The van der Waals surface area contributed by atoms with Crippen LogP contribution in [0.1, 0.15) is 0 Å². The zero-order valence-corrected chi connectivity index (χ0v) is 16.9. The van der Waals surface area contributed by atoms with Crippen LogP contribution >= 0.6 is 24.8 Å². The number of sulfonamides is 1. The quantitative estimate of drug-likeness (QED) is 0.757. The second kappa shape index (κ2) is 10.9. The topological polar surface area (TPSA) is 61.4 Å². The zero-order valence-electron chi connectivity index (χ0n) is 14.4. The molecule has 0 unspecified atom stereocenters. The van der Waals surface area contributed by atoms with Crippen molar-refractivity contribution in [1.82, 2.24) is 14.9 Å². The molecule has 1 fully saturated rings. The van der Waals surface area contributed by atoms with E-state index in [1.807, 2.05) is 36.4 Å². The van der Waals surface area contributed by atoms with Crippen molar-refractivity contribution in [2.24, 2.45) is 0 Å². The third kappa shape index (κ3) is 6.23. The molecule has 2 aromatic rings. The number of piperazine rings is 1. The number of nitrogens with zero attached hydrogens (tertiary/aromatic N) is 1. The fourth-order valence-electron chi connectivity index (χ4n) is 2.83. The molecule has 0 bridgehead atoms. The Hall–Kier alpha value is -1.15. The van der Waals surface area contributed by atoms with Crippen LogP contribution in [0.15, 0.2) is 59.5 Å². The smallest absolute Gasteiger partial charge is 0.240 e. The van der Waals surface area contributed by atoms with E-state index in [-0.39, 0.29) is 24.8 Å². The molecule has 0 saturated carbocycles. The number of halogens is 2. The van der Waals surface area contributed by atoms with Gasteiger partial charge in [-0.2, -0.15) is 0 Å². The van der Waals surface area contributed by atoms with Crippen LogP contribution in [0.25, 0.3) is 11.1 Å². The maximum absolute atomic E-state index is 12.5. The van der Waals surface area contributed by atoms with E-state index in [1.54, 1.807) is 18.2 Å². The van der Waals surface area contributed by atoms with Crippen LogP contribution < -0.4 is 10.0 Å². The van der Waals surface area contributed by atoms with Crippen molar-refractivity contribution in [1.29, 1.82) is 0 Å². The van der Waals surface area contributed by atoms with E-state index < -0.39 is 10.0 Å². The highest BCUT2D eigenvalue weighted by Gasteiger charge is 2.15. The van der Waals surface area contributed by atoms with Gasteiger partial charge in [0.1, 0.15) is 0 Å². The predicted octanol–water partition coefficient (Wildman–Crippen LogP) is 2.38. The minimum atomic E-state index is -3.48. The third-order valence-electron chi connectivity index (χ3n) is 4.18. The van der Waals surface area contributed by atoms with Gasteiger partial charge in [-0.15, -0.1) is 24.8 Å². The Bertz CT molecular complexity index is 767. The van der Waals surface area contributed by atoms with Crippen molar-refractivity contribution >= 4 is 34.8 Å². The number of benzene rings is 2. The highest BCUT2D eigenvalue weighted by atomic mass is 35.5. The van der Waals surface area contributed by atoms with Gasteiger partial charge >= 0.3 is 0 Å². The van der Waals surface area contributed by atoms with Crippen molar-refractivity contribution in [3.05, 3.63) is 54.6 Å². The molecule has 8 heteroatoms. The molecule has 1 aliphatic rings. The third-order valence-corrected chi connectivity index (χ3v) is 5.64. The zero-order chi connectivity index (χ0) is 16.8. The van der Waals surface area contributed by atoms with E-state index in [0.717, 1.165) is 43.9 Å². The average molecular weight is 418 g/mol. The summed E-state index contributed by atoms with van der Waals surface area (Å²) in [5, 5.41) is 3.29. The molecular formula is C18H25Cl2N3O2S. The van der Waals surface area contributed by atoms with Crippen LogP contribution in [0, 0.1) is 0 Å². The molecule has 26 heavy (non-hydrogen) atoms. The summed E-state index contributed by atoms with van der Waals surface area (Å²) in [6, 6.07) is 16.9. The minimum Gasteiger partial charge on any atom is -0.314 e. The van der Waals surface area contributed by atoms with E-state index in [2.05, 4.69) is 14.9 Å². The van der Waals surface area contributed by atoms with Gasteiger partial charge in [-0.3, -0.25) is 4.90 Å². The largest absolute Gasteiger partial charge is 0.314 e. The molecule has 0 aliphatic carbocycles. The van der Waals surface area contributed by atoms with Crippen LogP contribution in [0.4, 0.5) is 0 Å². The Labute approximate surface area is 168 Å². The Balaban J connectivity index is 0.00000169. The van der Waals surface area contributed by atoms with Crippen molar-refractivity contribution in [3.8, 4) is 11.1 Å². The lowest BCUT2D eigenvalue weighted by Gasteiger charge is -2.27. The Morgan fingerprint density at radius 1 is 0.923 bits per heavy atom. The highest BCUT2D eigenvalue weighted by molar-refractivity contribution is 7.89. The van der Waals surface area contributed by atoms with Crippen LogP contribution in [-0.4, -0.2) is 52.6 Å². The van der Waals surface area contributed by atoms with Gasteiger partial charge < -0.3 is 5.32 Å². The van der Waals surface area contributed by atoms with Gasteiger partial charge in [0.05, 0.1) is 4.90 Å². The number of rotatable bonds is 6. The lowest BCUT2D eigenvalue weighted by Crippen LogP contribution is -2.46. The first-order valence-corrected chi connectivity index (χ1v) is 9.72. The van der Waals surface area contributed by atoms with Crippen molar-refractivity contribution in [2.45, 2.75) is 4.90 Å². The van der Waals surface area contributed by atoms with Crippen LogP contribution in [0.5, 0.6) is 0 Å². The summed E-state index contributed by atoms with van der Waals surface area (Å²) in [5.74, 6) is 0. The monoisotopic (exact) mass is 417 g/mol. The molecule has 2 aromatic carbocycles. The molecule has 0 radical (unpaired) electrons. The van der Waals surface area contributed by atoms with E-state index in [4.69, 9.17) is 0 Å². The molecule has 5 nitrogen and oxygen atoms in total. The van der Waals surface area contributed by atoms with Crippen LogP contribution in [-0.2, 0) is 10.0 Å². The first-order valence-electron chi connectivity index (χ1n) is 8.23. The highest BCUT2D eigenvalue weighted by Crippen LogP contribution is 2.22. The predicted molar refractivity (Wildman–Crippen MR) is 111 cm³/mol. The second-order valence-corrected chi connectivity index (χ2v) is 7.65. The summed E-state index contributed by atoms with van der Waals surface area (Å²) in [5.41, 5.74) is 1.91. The molecule has 1 heterocycles. The normalized spacial score (nSPS) is 14.9. The Kier molecular flexibility index (Phi) is 9.57. The molecule has 0 aromatic heterocycles. The fraction of sp³-hybridized carbons (Fsp3) is 0.333. The van der Waals surface area contributed by atoms with Gasteiger partial charge in [-0.05, 0) is 23.3 Å². The van der Waals surface area contributed by atoms with E-state index in [9.17, 15) is 8.42 Å². The molecule has 0 spiro atoms. The summed E-state index contributed by atoms with van der Waals surface area (Å²) >= 11 is 0. The van der Waals surface area contributed by atoms with Crippen LogP contribution in [0.3, 0.4) is 0 Å². The summed E-state index contributed by atoms with van der Waals surface area (Å²) in [6.07, 6.45) is 0. The fourth-order valence-corrected chi connectivity index (χ4v) is 3.90. The molecule has 0 amide bonds. The molecule has 0 atom stereocenters. The maximum Gasteiger partial charge on any atom is 0.240 e. The second-order valence-electron chi connectivity index (χ2n) is 5.88. The SMILES string of the molecule is Cl.Cl.O=S(=O)(NCCN1CCNCC1)c1cccc(-c2ccccc2)c1. The Morgan fingerprint density at radius 2 is 1.58 bits per heavy atom. The maximum atomic E-state index is 12.5. The summed E-state index contributed by atoms with van der Waals surface area (Å²) in [7, 11) is -3.48. The standard InChI is InChI=1S/C18H23N3O2S.2ClH/c22-24(23,20-11-14-21-12-9-19-10-13-21)18-8-4-7-17(15-18)16-5-2-1-3-6-16;;/h1-8,15,19-20H,9-14H2;2*1H. The average Bonchev–Trinajstić information content (AvgIpc) is 2.63. The first-order chi connectivity index (χ1) is 11.6. The minimum absolute atomic E-state index is 0. The van der Waals surface area contributed by atoms with Gasteiger partial charge in [0, 0.05) is 39.3 Å². The summed E-state index contributed by atoms with van der Waals surface area (Å²) < 4.78 is 27.7. The summed E-state index contributed by atoms with van der Waals surface area (Å²) in [6.45, 7) is 5.02. The van der Waals surface area contributed by atoms with Gasteiger partial charge in [-0.1, -0.05) is 42.5 Å². The van der Waals surface area contributed by atoms with E-state index in [0.29, 0.717) is 11.4 Å². The van der Waals surface area contributed by atoms with Crippen molar-refractivity contribution in [2.75, 3.05) is 39.3 Å². The van der Waals surface area contributed by atoms with E-state index >= 15 is 0 Å². The van der Waals surface area contributed by atoms with Gasteiger partial charge in [0.2, 0.25) is 10.0 Å². The number of hydrogen-bond donors (Lipinski definition) is 2. The molecule has 1 aliphatic heterocycles. The van der Waals surface area contributed by atoms with Gasteiger partial charge in [-0.25, -0.2) is 13.1 Å². The Morgan fingerprint density at radius 3 is 2.27 bits per heavy atom. The lowest BCUT2D eigenvalue weighted by molar-refractivity contribution is 0.245. The molecule has 144 valence electrons. The molecule has 2 N–H and O–H groups in total. The van der Waals surface area contributed by atoms with Crippen LogP contribution in [0.2, 0.25) is 0 Å². The molecular weight excluding hydrogens is 393 g/mol. The lowest BCUT2D eigenvalue weighted by atomic mass is 10.1. The number of hydrogen-bond acceptors (Lipinski definition) is 4. The van der Waals surface area contributed by atoms with E-state index in [1.165, 1.54) is 0 Å². The summed E-state index contributed by atoms with van der Waals surface area (Å²) in [4.78, 5) is 2.57. The molecule has 1 saturated heterocycles. The first kappa shape index (κ1) is 22.9. The van der Waals surface area contributed by atoms with Gasteiger partial charge in [0.25, 0.3) is 0 Å². The van der Waals surface area contributed by atoms with Crippen molar-refractivity contribution in [3.63, 3.8) is 0 Å². The van der Waals surface area contributed by atoms with Gasteiger partial charge in [0.15, 0.2) is 0 Å².